The Kier molecular flexibility index (Phi) is 4.70. The van der Waals surface area contributed by atoms with Gasteiger partial charge in [-0.25, -0.2) is 0 Å². The van der Waals surface area contributed by atoms with Crippen LogP contribution in [0.2, 0.25) is 0 Å². The molecule has 0 unspecified atom stereocenters. The molecule has 0 saturated carbocycles. The lowest BCUT2D eigenvalue weighted by Gasteiger charge is -2.49. The Morgan fingerprint density at radius 1 is 0.510 bits per heavy atom. The van der Waals surface area contributed by atoms with E-state index in [1.807, 2.05) is 0 Å². The van der Waals surface area contributed by atoms with Gasteiger partial charge in [0.2, 0.25) is 0 Å². The molecule has 234 valence electrons. The molecule has 1 spiro atoms. The highest BCUT2D eigenvalue weighted by molar-refractivity contribution is 7.24. The van der Waals surface area contributed by atoms with E-state index in [4.69, 9.17) is 0 Å². The van der Waals surface area contributed by atoms with Crippen LogP contribution in [0.15, 0.2) is 158 Å². The van der Waals surface area contributed by atoms with Crippen molar-refractivity contribution in [2.45, 2.75) is 6.92 Å². The first-order valence-electron chi connectivity index (χ1n) is 18.1. The minimum atomic E-state index is -2.69. The third kappa shape index (κ3) is 2.90. The summed E-state index contributed by atoms with van der Waals surface area (Å²) < 4.78 is 2.71. The fourth-order valence-corrected chi connectivity index (χ4v) is 16.5. The summed E-state index contributed by atoms with van der Waals surface area (Å²) in [6.07, 6.45) is 0. The number of aryl methyl sites for hydroxylation is 1. The smallest absolute Gasteiger partial charge is 0.333 e. The molecule has 0 radical (unpaired) electrons. The fraction of sp³-hybridized carbons (Fsp3) is 0.0213. The SMILES string of the molecule is Cc1cc2c3c(c1)N1c4ccccc4[Si]4(c5ccccc5-c5ccccc54)c4cccc(c41)B3n1c3ccc4ccccc4c3c3cccc-2c31. The molecule has 0 bridgehead atoms. The molecule has 13 rings (SSSR count). The average Bonchev–Trinajstić information content (AvgIpc) is 3.68. The number of rotatable bonds is 0. The first-order chi connectivity index (χ1) is 25.2. The predicted molar refractivity (Wildman–Crippen MR) is 218 cm³/mol. The number of aromatic nitrogens is 1. The average molecular weight is 661 g/mol. The summed E-state index contributed by atoms with van der Waals surface area (Å²) in [4.78, 5) is 2.66. The first-order valence-corrected chi connectivity index (χ1v) is 20.1. The molecule has 9 aromatic rings. The zero-order valence-electron chi connectivity index (χ0n) is 28.0. The number of anilines is 3. The van der Waals surface area contributed by atoms with Crippen molar-refractivity contribution in [2.75, 3.05) is 4.90 Å². The zero-order valence-corrected chi connectivity index (χ0v) is 29.0. The second-order valence-electron chi connectivity index (χ2n) is 14.8. The Balaban J connectivity index is 1.24. The summed E-state index contributed by atoms with van der Waals surface area (Å²) in [7, 11) is -2.69. The molecule has 4 aliphatic rings. The molecule has 0 N–H and O–H groups in total. The molecule has 2 nitrogen and oxygen atoms in total. The van der Waals surface area contributed by atoms with E-state index in [1.54, 1.807) is 0 Å². The normalized spacial score (nSPS) is 14.8. The highest BCUT2D eigenvalue weighted by atomic mass is 28.3. The van der Waals surface area contributed by atoms with Crippen LogP contribution in [0.5, 0.6) is 0 Å². The van der Waals surface area contributed by atoms with Gasteiger partial charge in [-0.2, -0.15) is 0 Å². The van der Waals surface area contributed by atoms with E-state index in [-0.39, 0.29) is 6.85 Å². The van der Waals surface area contributed by atoms with Gasteiger partial charge in [0.25, 0.3) is 0 Å². The van der Waals surface area contributed by atoms with Gasteiger partial charge in [-0.15, -0.1) is 0 Å². The van der Waals surface area contributed by atoms with Crippen molar-refractivity contribution in [3.05, 3.63) is 163 Å². The topological polar surface area (TPSA) is 8.17 Å². The Morgan fingerprint density at radius 2 is 1.18 bits per heavy atom. The Hall–Kier alpha value is -6.10. The highest BCUT2D eigenvalue weighted by Crippen LogP contribution is 2.48. The van der Waals surface area contributed by atoms with E-state index in [9.17, 15) is 0 Å². The van der Waals surface area contributed by atoms with E-state index >= 15 is 0 Å². The monoisotopic (exact) mass is 660 g/mol. The lowest BCUT2D eigenvalue weighted by atomic mass is 9.45. The van der Waals surface area contributed by atoms with E-state index in [0.717, 1.165) is 0 Å². The molecular formula is C47H29BN2Si. The van der Waals surface area contributed by atoms with Gasteiger partial charge in [0.15, 0.2) is 8.07 Å². The quantitative estimate of drug-likeness (QED) is 0.155. The maximum Gasteiger partial charge on any atom is 0.333 e. The first kappa shape index (κ1) is 26.7. The number of hydrogen-bond donors (Lipinski definition) is 0. The van der Waals surface area contributed by atoms with Gasteiger partial charge in [-0.1, -0.05) is 140 Å². The van der Waals surface area contributed by atoms with Gasteiger partial charge < -0.3 is 9.38 Å². The van der Waals surface area contributed by atoms with Crippen LogP contribution in [-0.4, -0.2) is 19.4 Å². The third-order valence-corrected chi connectivity index (χ3v) is 17.5. The molecule has 8 aromatic carbocycles. The minimum Gasteiger partial charge on any atom is -0.375 e. The van der Waals surface area contributed by atoms with E-state index in [2.05, 4.69) is 174 Å². The summed E-state index contributed by atoms with van der Waals surface area (Å²) in [5.74, 6) is 0. The van der Waals surface area contributed by atoms with Crippen molar-refractivity contribution < 1.29 is 0 Å². The number of para-hydroxylation sites is 3. The van der Waals surface area contributed by atoms with E-state index in [1.165, 1.54) is 109 Å². The van der Waals surface area contributed by atoms with Crippen LogP contribution in [0.1, 0.15) is 5.56 Å². The van der Waals surface area contributed by atoms with Crippen LogP contribution in [-0.2, 0) is 0 Å². The van der Waals surface area contributed by atoms with Crippen LogP contribution >= 0.6 is 0 Å². The van der Waals surface area contributed by atoms with Crippen LogP contribution in [0.4, 0.5) is 17.1 Å². The van der Waals surface area contributed by atoms with E-state index < -0.39 is 8.07 Å². The van der Waals surface area contributed by atoms with Crippen molar-refractivity contribution >= 4 is 96.2 Å². The molecule has 4 aliphatic heterocycles. The van der Waals surface area contributed by atoms with Crippen LogP contribution < -0.4 is 36.6 Å². The van der Waals surface area contributed by atoms with Gasteiger partial charge in [-0.05, 0) is 89.8 Å². The number of hydrogen-bond acceptors (Lipinski definition) is 1. The maximum absolute atomic E-state index is 2.71. The Morgan fingerprint density at radius 3 is 2.02 bits per heavy atom. The van der Waals surface area contributed by atoms with E-state index in [0.29, 0.717) is 0 Å². The molecule has 4 heteroatoms. The molecule has 1 aromatic heterocycles. The van der Waals surface area contributed by atoms with Crippen molar-refractivity contribution in [2.24, 2.45) is 0 Å². The van der Waals surface area contributed by atoms with Crippen molar-refractivity contribution in [3.63, 3.8) is 0 Å². The molecular weight excluding hydrogens is 631 g/mol. The largest absolute Gasteiger partial charge is 0.375 e. The fourth-order valence-electron chi connectivity index (χ4n) is 10.9. The number of nitrogens with zero attached hydrogens (tertiary/aromatic N) is 2. The van der Waals surface area contributed by atoms with Gasteiger partial charge in [-0.3, -0.25) is 0 Å². The summed E-state index contributed by atoms with van der Waals surface area (Å²) in [5, 5.41) is 11.3. The molecule has 51 heavy (non-hydrogen) atoms. The van der Waals surface area contributed by atoms with Crippen LogP contribution in [0.25, 0.3) is 54.8 Å². The lowest BCUT2D eigenvalue weighted by Crippen LogP contribution is -2.77. The Bertz CT molecular complexity index is 3040. The van der Waals surface area contributed by atoms with Crippen LogP contribution in [0.3, 0.4) is 0 Å². The molecule has 0 fully saturated rings. The Labute approximate surface area is 297 Å². The van der Waals surface area contributed by atoms with Gasteiger partial charge in [0.1, 0.15) is 0 Å². The summed E-state index contributed by atoms with van der Waals surface area (Å²) in [6, 6.07) is 60.7. The number of fused-ring (bicyclic) bond motifs is 18. The van der Waals surface area contributed by atoms with Gasteiger partial charge in [0.05, 0.1) is 0 Å². The molecule has 0 amide bonds. The van der Waals surface area contributed by atoms with Crippen molar-refractivity contribution in [1.82, 2.24) is 4.48 Å². The molecule has 0 atom stereocenters. The second-order valence-corrected chi connectivity index (χ2v) is 18.5. The predicted octanol–water partition coefficient (Wildman–Crippen LogP) is 7.34. The van der Waals surface area contributed by atoms with Gasteiger partial charge >= 0.3 is 6.85 Å². The summed E-state index contributed by atoms with van der Waals surface area (Å²) in [6.45, 7) is 2.32. The molecule has 0 aliphatic carbocycles. The lowest BCUT2D eigenvalue weighted by molar-refractivity contribution is 1.25. The second kappa shape index (κ2) is 8.97. The minimum absolute atomic E-state index is 0.0427. The highest BCUT2D eigenvalue weighted by Gasteiger charge is 2.56. The number of benzene rings is 8. The zero-order chi connectivity index (χ0) is 33.2. The summed E-state index contributed by atoms with van der Waals surface area (Å²) in [5.41, 5.74) is 16.3. The standard InChI is InChI=1S/C47H29BN2Si/c1-28-26-35-33-16-10-17-34-44-30-13-3-2-12-29(30)24-25-38(44)50(46(33)34)48-36-18-11-23-43-47(36)49(39(27-28)45(35)48)37-19-6-9-22-42(37)51(43)40-20-7-4-14-31(40)32-15-5-8-21-41(32)51/h2-27H,1H3. The molecule has 0 saturated heterocycles. The van der Waals surface area contributed by atoms with Crippen molar-refractivity contribution in [1.29, 1.82) is 0 Å². The van der Waals surface area contributed by atoms with Gasteiger partial charge in [0, 0.05) is 44.4 Å². The third-order valence-electron chi connectivity index (χ3n) is 12.6. The maximum atomic E-state index is 2.71. The van der Waals surface area contributed by atoms with Crippen molar-refractivity contribution in [3.8, 4) is 22.3 Å². The molecule has 5 heterocycles. The summed E-state index contributed by atoms with van der Waals surface area (Å²) >= 11 is 0. The van der Waals surface area contributed by atoms with Crippen LogP contribution in [0, 0.1) is 6.92 Å².